The molecule has 1 N–H and O–H groups in total. The Labute approximate surface area is 175 Å². The zero-order valence-electron chi connectivity index (χ0n) is 18.5. The predicted octanol–water partition coefficient (Wildman–Crippen LogP) is 6.76. The molecule has 0 aliphatic rings. The Morgan fingerprint density at radius 2 is 1.38 bits per heavy atom. The third-order valence-corrected chi connectivity index (χ3v) is 5.76. The van der Waals surface area contributed by atoms with Crippen molar-refractivity contribution < 1.29 is 23.4 Å². The Morgan fingerprint density at radius 1 is 0.828 bits per heavy atom. The summed E-state index contributed by atoms with van der Waals surface area (Å²) in [4.78, 5) is 0. The van der Waals surface area contributed by atoms with E-state index in [2.05, 4.69) is 6.92 Å². The molecule has 0 aliphatic heterocycles. The lowest BCUT2D eigenvalue weighted by Crippen LogP contribution is -2.42. The molecular weight excluding hydrogens is 374 g/mol. The highest BCUT2D eigenvalue weighted by molar-refractivity contribution is 5.17. The van der Waals surface area contributed by atoms with Crippen molar-refractivity contribution >= 4 is 0 Å². The lowest BCUT2D eigenvalue weighted by atomic mass is 9.91. The summed E-state index contributed by atoms with van der Waals surface area (Å²) in [5.74, 6) is -3.14. The zero-order chi connectivity index (χ0) is 21.5. The molecule has 0 aromatic heterocycles. The number of rotatable bonds is 17. The van der Waals surface area contributed by atoms with Crippen molar-refractivity contribution in [2.45, 2.75) is 96.4 Å². The van der Waals surface area contributed by atoms with Gasteiger partial charge in [0, 0.05) is 20.1 Å². The molecule has 29 heavy (non-hydrogen) atoms. The number of hydrogen-bond donors (Lipinski definition) is 1. The Balaban J connectivity index is 2.32. The largest absolute Gasteiger partial charge is 0.343 e. The number of unbranched alkanes of at least 4 members (excludes halogenated alkanes) is 8. The zero-order valence-corrected chi connectivity index (χ0v) is 18.5. The number of aryl methyl sites for hydroxylation is 1. The highest BCUT2D eigenvalue weighted by Gasteiger charge is 2.36. The highest BCUT2D eigenvalue weighted by Crippen LogP contribution is 2.30. The van der Waals surface area contributed by atoms with Gasteiger partial charge in [-0.25, -0.2) is 8.78 Å². The minimum atomic E-state index is -1.52. The van der Waals surface area contributed by atoms with Crippen LogP contribution in [0.2, 0.25) is 0 Å². The molecule has 168 valence electrons. The molecule has 0 aliphatic carbocycles. The van der Waals surface area contributed by atoms with Gasteiger partial charge >= 0.3 is 0 Å². The molecule has 0 amide bonds. The quantitative estimate of drug-likeness (QED) is 0.226. The number of ether oxygens (including phenoxy) is 2. The van der Waals surface area contributed by atoms with Crippen molar-refractivity contribution in [3.05, 3.63) is 35.4 Å². The van der Waals surface area contributed by atoms with Crippen LogP contribution in [-0.4, -0.2) is 25.3 Å². The van der Waals surface area contributed by atoms with Gasteiger partial charge in [-0.15, -0.1) is 0 Å². The topological polar surface area (TPSA) is 38.7 Å². The van der Waals surface area contributed by atoms with Crippen molar-refractivity contribution in [2.24, 2.45) is 5.92 Å². The van der Waals surface area contributed by atoms with Crippen LogP contribution < -0.4 is 0 Å². The molecule has 1 rings (SSSR count). The standard InChI is InChI=1S/C24H40F2O3/c1-4-5-6-7-8-12-15-21(24(27,28-2)29-3)16-13-10-9-11-14-20-17-18-22(25)23(26)19-20/h17-19,21,27H,4-16H2,1-3H3. The Kier molecular flexibility index (Phi) is 13.3. The van der Waals surface area contributed by atoms with E-state index in [9.17, 15) is 13.9 Å². The van der Waals surface area contributed by atoms with Crippen molar-refractivity contribution in [1.82, 2.24) is 0 Å². The lowest BCUT2D eigenvalue weighted by molar-refractivity contribution is -0.369. The van der Waals surface area contributed by atoms with Crippen molar-refractivity contribution in [3.8, 4) is 0 Å². The molecule has 0 radical (unpaired) electrons. The van der Waals surface area contributed by atoms with Crippen LogP contribution >= 0.6 is 0 Å². The molecule has 1 unspecified atom stereocenters. The number of methoxy groups -OCH3 is 2. The van der Waals surface area contributed by atoms with Gasteiger partial charge in [-0.2, -0.15) is 0 Å². The molecular formula is C24H40F2O3. The Hall–Kier alpha value is -1.04. The van der Waals surface area contributed by atoms with Gasteiger partial charge < -0.3 is 14.6 Å². The van der Waals surface area contributed by atoms with E-state index < -0.39 is 17.6 Å². The van der Waals surface area contributed by atoms with E-state index in [1.807, 2.05) is 0 Å². The van der Waals surface area contributed by atoms with Gasteiger partial charge in [-0.3, -0.25) is 0 Å². The molecule has 0 spiro atoms. The summed E-state index contributed by atoms with van der Waals surface area (Å²) in [6.45, 7) is 2.21. The summed E-state index contributed by atoms with van der Waals surface area (Å²) in [5, 5.41) is 10.6. The fourth-order valence-corrected chi connectivity index (χ4v) is 3.87. The van der Waals surface area contributed by atoms with Gasteiger partial charge in [0.25, 0.3) is 5.97 Å². The molecule has 0 fully saturated rings. The predicted molar refractivity (Wildman–Crippen MR) is 114 cm³/mol. The molecule has 0 saturated heterocycles. The molecule has 3 nitrogen and oxygen atoms in total. The van der Waals surface area contributed by atoms with E-state index in [-0.39, 0.29) is 5.92 Å². The second kappa shape index (κ2) is 14.9. The first-order valence-corrected chi connectivity index (χ1v) is 11.2. The van der Waals surface area contributed by atoms with E-state index in [1.165, 1.54) is 58.5 Å². The van der Waals surface area contributed by atoms with Crippen molar-refractivity contribution in [3.63, 3.8) is 0 Å². The van der Waals surface area contributed by atoms with Crippen LogP contribution in [0.1, 0.15) is 89.5 Å². The van der Waals surface area contributed by atoms with Gasteiger partial charge in [-0.1, -0.05) is 70.8 Å². The smallest absolute Gasteiger partial charge is 0.282 e. The SMILES string of the molecule is CCCCCCCCC(CCCCCCc1ccc(F)c(F)c1)C(O)(OC)OC. The molecule has 0 heterocycles. The molecule has 0 bridgehead atoms. The third-order valence-electron chi connectivity index (χ3n) is 5.76. The maximum Gasteiger partial charge on any atom is 0.282 e. The fraction of sp³-hybridized carbons (Fsp3) is 0.750. The van der Waals surface area contributed by atoms with Crippen LogP contribution in [0, 0.1) is 17.6 Å². The highest BCUT2D eigenvalue weighted by atomic mass is 19.2. The van der Waals surface area contributed by atoms with Gasteiger partial charge in [-0.05, 0) is 43.4 Å². The summed E-state index contributed by atoms with van der Waals surface area (Å²) < 4.78 is 36.7. The van der Waals surface area contributed by atoms with E-state index in [1.54, 1.807) is 6.07 Å². The van der Waals surface area contributed by atoms with Gasteiger partial charge in [0.1, 0.15) is 0 Å². The van der Waals surface area contributed by atoms with E-state index >= 15 is 0 Å². The van der Waals surface area contributed by atoms with Crippen LogP contribution in [0.5, 0.6) is 0 Å². The fourth-order valence-electron chi connectivity index (χ4n) is 3.87. The second-order valence-corrected chi connectivity index (χ2v) is 7.99. The summed E-state index contributed by atoms with van der Waals surface area (Å²) in [6.07, 6.45) is 13.7. The number of halogens is 2. The minimum absolute atomic E-state index is 0.0464. The number of hydrogen-bond acceptors (Lipinski definition) is 3. The number of aliphatic hydroxyl groups is 1. The summed E-state index contributed by atoms with van der Waals surface area (Å²) in [7, 11) is 2.97. The molecule has 1 atom stereocenters. The first kappa shape index (κ1) is 26.0. The van der Waals surface area contributed by atoms with Gasteiger partial charge in [0.05, 0.1) is 0 Å². The number of benzene rings is 1. The van der Waals surface area contributed by atoms with Crippen LogP contribution in [0.4, 0.5) is 8.78 Å². The maximum absolute atomic E-state index is 13.2. The summed E-state index contributed by atoms with van der Waals surface area (Å²) >= 11 is 0. The third kappa shape index (κ3) is 10.0. The van der Waals surface area contributed by atoms with Crippen LogP contribution in [-0.2, 0) is 15.9 Å². The minimum Gasteiger partial charge on any atom is -0.343 e. The first-order valence-electron chi connectivity index (χ1n) is 11.2. The second-order valence-electron chi connectivity index (χ2n) is 7.99. The van der Waals surface area contributed by atoms with Gasteiger partial charge in [0.2, 0.25) is 0 Å². The van der Waals surface area contributed by atoms with E-state index in [0.717, 1.165) is 56.9 Å². The Bertz CT molecular complexity index is 547. The molecule has 0 saturated carbocycles. The summed E-state index contributed by atoms with van der Waals surface area (Å²) in [6, 6.07) is 4.11. The normalized spacial score (nSPS) is 13.0. The van der Waals surface area contributed by atoms with Crippen LogP contribution in [0.15, 0.2) is 18.2 Å². The molecule has 5 heteroatoms. The van der Waals surface area contributed by atoms with Crippen molar-refractivity contribution in [2.75, 3.05) is 14.2 Å². The van der Waals surface area contributed by atoms with Crippen LogP contribution in [0.25, 0.3) is 0 Å². The monoisotopic (exact) mass is 414 g/mol. The van der Waals surface area contributed by atoms with E-state index in [0.29, 0.717) is 0 Å². The first-order chi connectivity index (χ1) is 14.0. The van der Waals surface area contributed by atoms with Gasteiger partial charge in [0.15, 0.2) is 11.6 Å². The Morgan fingerprint density at radius 3 is 1.93 bits per heavy atom. The average molecular weight is 415 g/mol. The van der Waals surface area contributed by atoms with E-state index in [4.69, 9.17) is 9.47 Å². The summed E-state index contributed by atoms with van der Waals surface area (Å²) in [5.41, 5.74) is 0.831. The maximum atomic E-state index is 13.2. The molecule has 1 aromatic rings. The van der Waals surface area contributed by atoms with Crippen LogP contribution in [0.3, 0.4) is 0 Å². The average Bonchev–Trinajstić information content (AvgIpc) is 2.73. The van der Waals surface area contributed by atoms with Crippen molar-refractivity contribution in [1.29, 1.82) is 0 Å². The lowest BCUT2D eigenvalue weighted by Gasteiger charge is -2.33. The molecule has 1 aromatic carbocycles.